The molecule has 4 rings (SSSR count). The molecule has 1 aliphatic rings. The molecule has 0 saturated carbocycles. The van der Waals surface area contributed by atoms with Gasteiger partial charge in [0.25, 0.3) is 17.9 Å². The number of H-pyrrole nitrogens is 1. The molecule has 9 nitrogen and oxygen atoms in total. The van der Waals surface area contributed by atoms with E-state index in [0.717, 1.165) is 24.2 Å². The van der Waals surface area contributed by atoms with Gasteiger partial charge in [0, 0.05) is 50.0 Å². The molecule has 4 heterocycles. The molecule has 1 fully saturated rings. The molecule has 3 aromatic rings. The Labute approximate surface area is 179 Å². The van der Waals surface area contributed by atoms with Gasteiger partial charge in [-0.15, -0.1) is 0 Å². The maximum absolute atomic E-state index is 13.2. The quantitative estimate of drug-likeness (QED) is 0.620. The van der Waals surface area contributed by atoms with E-state index in [0.29, 0.717) is 25.2 Å². The number of carbonyl (C=O) groups is 2. The summed E-state index contributed by atoms with van der Waals surface area (Å²) in [5.74, 6) is 0.880. The Hall–Kier alpha value is -3.75. The van der Waals surface area contributed by atoms with Gasteiger partial charge in [0.05, 0.1) is 6.54 Å². The highest BCUT2D eigenvalue weighted by Gasteiger charge is 2.29. The fraction of sp³-hybridized carbons (Fsp3) is 0.318. The van der Waals surface area contributed by atoms with Crippen LogP contribution in [0.25, 0.3) is 0 Å². The van der Waals surface area contributed by atoms with Gasteiger partial charge in [0.15, 0.2) is 0 Å². The zero-order valence-electron chi connectivity index (χ0n) is 17.3. The van der Waals surface area contributed by atoms with E-state index in [1.54, 1.807) is 40.5 Å². The van der Waals surface area contributed by atoms with Crippen molar-refractivity contribution in [1.29, 1.82) is 0 Å². The largest absolute Gasteiger partial charge is 0.483 e. The lowest BCUT2D eigenvalue weighted by Crippen LogP contribution is -2.42. The van der Waals surface area contributed by atoms with Crippen LogP contribution >= 0.6 is 0 Å². The lowest BCUT2D eigenvalue weighted by molar-refractivity contribution is -0.122. The molecule has 9 heteroatoms. The Balaban J connectivity index is 0.000000858. The van der Waals surface area contributed by atoms with Crippen LogP contribution in [-0.2, 0) is 11.3 Å². The summed E-state index contributed by atoms with van der Waals surface area (Å²) in [6.07, 6.45) is 10.6. The van der Waals surface area contributed by atoms with Crippen molar-refractivity contribution in [3.8, 4) is 0 Å². The second-order valence-corrected chi connectivity index (χ2v) is 7.34. The number of hydrogen-bond acceptors (Lipinski definition) is 5. The van der Waals surface area contributed by atoms with Crippen LogP contribution in [0.3, 0.4) is 0 Å². The smallest absolute Gasteiger partial charge is 0.290 e. The van der Waals surface area contributed by atoms with Gasteiger partial charge in [-0.3, -0.25) is 19.4 Å². The monoisotopic (exact) mass is 423 g/mol. The van der Waals surface area contributed by atoms with Crippen LogP contribution in [0, 0.1) is 6.92 Å². The zero-order chi connectivity index (χ0) is 22.2. The first-order valence-electron chi connectivity index (χ1n) is 10.0. The van der Waals surface area contributed by atoms with E-state index in [1.165, 1.54) is 0 Å². The van der Waals surface area contributed by atoms with E-state index in [9.17, 15) is 9.59 Å². The van der Waals surface area contributed by atoms with Crippen molar-refractivity contribution in [3.05, 3.63) is 82.1 Å². The third kappa shape index (κ3) is 5.25. The second-order valence-electron chi connectivity index (χ2n) is 7.34. The molecule has 1 aliphatic heterocycles. The normalized spacial score (nSPS) is 15.6. The van der Waals surface area contributed by atoms with Gasteiger partial charge in [0.1, 0.15) is 11.4 Å². The van der Waals surface area contributed by atoms with Gasteiger partial charge >= 0.3 is 0 Å². The van der Waals surface area contributed by atoms with Crippen molar-refractivity contribution in [3.63, 3.8) is 0 Å². The van der Waals surface area contributed by atoms with Crippen molar-refractivity contribution >= 4 is 12.4 Å². The Morgan fingerprint density at radius 1 is 1.35 bits per heavy atom. The number of piperidine rings is 1. The summed E-state index contributed by atoms with van der Waals surface area (Å²) in [7, 11) is 0. The molecule has 0 radical (unpaired) electrons. The fourth-order valence-corrected chi connectivity index (χ4v) is 3.78. The molecule has 2 N–H and O–H groups in total. The third-order valence-corrected chi connectivity index (χ3v) is 5.28. The van der Waals surface area contributed by atoms with Crippen LogP contribution < -0.4 is 5.56 Å². The Kier molecular flexibility index (Phi) is 7.31. The molecule has 31 heavy (non-hydrogen) atoms. The van der Waals surface area contributed by atoms with Crippen molar-refractivity contribution in [2.24, 2.45) is 0 Å². The predicted molar refractivity (Wildman–Crippen MR) is 114 cm³/mol. The Bertz CT molecular complexity index is 1060. The lowest BCUT2D eigenvalue weighted by Gasteiger charge is -2.32. The van der Waals surface area contributed by atoms with E-state index >= 15 is 0 Å². The highest BCUT2D eigenvalue weighted by molar-refractivity contribution is 5.95. The summed E-state index contributed by atoms with van der Waals surface area (Å²) < 4.78 is 1.57. The van der Waals surface area contributed by atoms with Gasteiger partial charge in [0.2, 0.25) is 0 Å². The number of carbonyl (C=O) groups excluding carboxylic acids is 1. The van der Waals surface area contributed by atoms with E-state index in [-0.39, 0.29) is 29.4 Å². The molecule has 0 aliphatic carbocycles. The van der Waals surface area contributed by atoms with Crippen molar-refractivity contribution in [2.45, 2.75) is 32.2 Å². The molecule has 1 unspecified atom stereocenters. The maximum atomic E-state index is 13.2. The number of aryl methyl sites for hydroxylation is 1. The number of carboxylic acid groups (broad SMARTS) is 1. The summed E-state index contributed by atoms with van der Waals surface area (Å²) in [5.41, 5.74) is 1.63. The second kappa shape index (κ2) is 10.3. The first kappa shape index (κ1) is 21.9. The molecular formula is C22H25N5O4. The third-order valence-electron chi connectivity index (χ3n) is 5.28. The van der Waals surface area contributed by atoms with E-state index < -0.39 is 0 Å². The van der Waals surface area contributed by atoms with Crippen LogP contribution in [0.4, 0.5) is 0 Å². The number of amides is 1. The highest BCUT2D eigenvalue weighted by Crippen LogP contribution is 2.25. The minimum absolute atomic E-state index is 0.175. The molecule has 0 bridgehead atoms. The van der Waals surface area contributed by atoms with Gasteiger partial charge < -0.3 is 19.6 Å². The van der Waals surface area contributed by atoms with E-state index in [1.807, 2.05) is 25.1 Å². The Morgan fingerprint density at radius 3 is 2.84 bits per heavy atom. The molecule has 1 amide bonds. The number of nitrogens with zero attached hydrogens (tertiary/aromatic N) is 4. The summed E-state index contributed by atoms with van der Waals surface area (Å²) in [4.78, 5) is 48.0. The maximum Gasteiger partial charge on any atom is 0.290 e. The standard InChI is InChI=1S/C21H23N5O2.CH2O2/c1-15-6-11-26(13-16-4-2-7-22-12-16)21(28)18(15)20(27)25-10-3-5-17(14-25)19-23-8-9-24-19;2-1-3/h2,4,6-9,11-12,17H,3,5,10,13-14H2,1H3,(H,23,24);1H,(H,2,3). The first-order valence-corrected chi connectivity index (χ1v) is 10.0. The first-order chi connectivity index (χ1) is 15.0. The van der Waals surface area contributed by atoms with E-state index in [4.69, 9.17) is 9.90 Å². The van der Waals surface area contributed by atoms with Crippen LogP contribution in [-0.4, -0.2) is 55.0 Å². The van der Waals surface area contributed by atoms with Crippen LogP contribution in [0.2, 0.25) is 0 Å². The molecular weight excluding hydrogens is 398 g/mol. The number of rotatable bonds is 4. The Morgan fingerprint density at radius 2 is 2.16 bits per heavy atom. The summed E-state index contributed by atoms with van der Waals surface area (Å²) in [5, 5.41) is 6.89. The van der Waals surface area contributed by atoms with Gasteiger partial charge in [-0.1, -0.05) is 6.07 Å². The molecule has 162 valence electrons. The topological polar surface area (TPSA) is 121 Å². The molecule has 0 aromatic carbocycles. The number of pyridine rings is 2. The molecule has 1 atom stereocenters. The van der Waals surface area contributed by atoms with Gasteiger partial charge in [-0.25, -0.2) is 4.98 Å². The van der Waals surface area contributed by atoms with E-state index in [2.05, 4.69) is 15.0 Å². The lowest BCUT2D eigenvalue weighted by atomic mass is 9.96. The number of aromatic nitrogens is 4. The average molecular weight is 423 g/mol. The SMILES string of the molecule is Cc1ccn(Cc2cccnc2)c(=O)c1C(=O)N1CCCC(c2ncc[nH]2)C1.O=CO. The van der Waals surface area contributed by atoms with Gasteiger partial charge in [-0.2, -0.15) is 0 Å². The molecule has 3 aromatic heterocycles. The summed E-state index contributed by atoms with van der Waals surface area (Å²) >= 11 is 0. The van der Waals surface area contributed by atoms with Crippen LogP contribution in [0.15, 0.2) is 54.0 Å². The van der Waals surface area contributed by atoms with Crippen molar-refractivity contribution in [1.82, 2.24) is 24.4 Å². The van der Waals surface area contributed by atoms with Crippen LogP contribution in [0.5, 0.6) is 0 Å². The number of likely N-dealkylation sites (tertiary alicyclic amines) is 1. The van der Waals surface area contributed by atoms with Gasteiger partial charge in [-0.05, 0) is 43.0 Å². The minimum atomic E-state index is -0.256. The molecule has 0 spiro atoms. The number of nitrogens with one attached hydrogen (secondary N) is 1. The minimum Gasteiger partial charge on any atom is -0.483 e. The number of hydrogen-bond donors (Lipinski definition) is 2. The predicted octanol–water partition coefficient (Wildman–Crippen LogP) is 2.04. The molecule has 1 saturated heterocycles. The average Bonchev–Trinajstić information content (AvgIpc) is 3.32. The number of aromatic amines is 1. The number of imidazole rings is 1. The highest BCUT2D eigenvalue weighted by atomic mass is 16.3. The van der Waals surface area contributed by atoms with Crippen LogP contribution in [0.1, 0.15) is 46.1 Å². The van der Waals surface area contributed by atoms with Crippen molar-refractivity contribution in [2.75, 3.05) is 13.1 Å². The van der Waals surface area contributed by atoms with Crippen molar-refractivity contribution < 1.29 is 14.7 Å². The fourth-order valence-electron chi connectivity index (χ4n) is 3.78. The summed E-state index contributed by atoms with van der Waals surface area (Å²) in [6.45, 7) is 3.19. The zero-order valence-corrected chi connectivity index (χ0v) is 17.3. The summed E-state index contributed by atoms with van der Waals surface area (Å²) in [6, 6.07) is 5.58.